The summed E-state index contributed by atoms with van der Waals surface area (Å²) in [6.07, 6.45) is 3.77. The van der Waals surface area contributed by atoms with Crippen LogP contribution >= 0.6 is 0 Å². The third-order valence-electron chi connectivity index (χ3n) is 4.04. The van der Waals surface area contributed by atoms with E-state index in [4.69, 9.17) is 0 Å². The van der Waals surface area contributed by atoms with Crippen molar-refractivity contribution in [2.45, 2.75) is 50.7 Å². The van der Waals surface area contributed by atoms with Gasteiger partial charge in [-0.2, -0.15) is 0 Å². The first kappa shape index (κ1) is 11.9. The molecular formula is C11H19NO3S. The molecule has 2 saturated carbocycles. The highest BCUT2D eigenvalue weighted by atomic mass is 32.2. The van der Waals surface area contributed by atoms with E-state index in [1.54, 1.807) is 0 Å². The molecule has 16 heavy (non-hydrogen) atoms. The zero-order valence-electron chi connectivity index (χ0n) is 9.82. The molecule has 0 saturated heterocycles. The largest absolute Gasteiger partial charge is 0.274 e. The first-order valence-electron chi connectivity index (χ1n) is 6.02. The Balaban J connectivity index is 1.97. The number of hydrogen-bond donors (Lipinski definition) is 1. The van der Waals surface area contributed by atoms with Gasteiger partial charge in [-0.05, 0) is 31.6 Å². The number of carbonyl (C=O) groups excluding carboxylic acids is 1. The van der Waals surface area contributed by atoms with Gasteiger partial charge in [0.25, 0.3) is 0 Å². The number of carbonyl (C=O) groups is 1. The molecule has 2 atom stereocenters. The van der Waals surface area contributed by atoms with Crippen LogP contribution in [-0.4, -0.2) is 19.1 Å². The minimum atomic E-state index is -3.43. The molecule has 0 heterocycles. The van der Waals surface area contributed by atoms with E-state index in [0.29, 0.717) is 25.2 Å². The molecule has 92 valence electrons. The lowest BCUT2D eigenvalue weighted by Crippen LogP contribution is -2.40. The Bertz CT molecular complexity index is 397. The summed E-state index contributed by atoms with van der Waals surface area (Å²) < 4.78 is 25.5. The number of nitrogens with one attached hydrogen (secondary N) is 1. The van der Waals surface area contributed by atoms with Crippen molar-refractivity contribution in [2.24, 2.45) is 11.8 Å². The van der Waals surface area contributed by atoms with Crippen LogP contribution in [0.4, 0.5) is 0 Å². The zero-order valence-corrected chi connectivity index (χ0v) is 10.6. The highest BCUT2D eigenvalue weighted by Gasteiger charge is 2.54. The predicted octanol–water partition coefficient (Wildman–Crippen LogP) is 1.42. The molecule has 2 unspecified atom stereocenters. The second kappa shape index (κ2) is 3.72. The number of hydrogen-bond acceptors (Lipinski definition) is 3. The van der Waals surface area contributed by atoms with E-state index in [9.17, 15) is 13.2 Å². The Kier molecular flexibility index (Phi) is 2.77. The average molecular weight is 245 g/mol. The van der Waals surface area contributed by atoms with Gasteiger partial charge in [0, 0.05) is 5.92 Å². The van der Waals surface area contributed by atoms with Gasteiger partial charge >= 0.3 is 0 Å². The van der Waals surface area contributed by atoms with Crippen LogP contribution in [0.2, 0.25) is 0 Å². The fourth-order valence-corrected chi connectivity index (χ4v) is 3.94. The maximum Gasteiger partial charge on any atom is 0.240 e. The number of amides is 1. The first-order valence-corrected chi connectivity index (χ1v) is 7.50. The Morgan fingerprint density at radius 1 is 1.38 bits per heavy atom. The van der Waals surface area contributed by atoms with Crippen molar-refractivity contribution < 1.29 is 13.2 Å². The summed E-state index contributed by atoms with van der Waals surface area (Å²) in [6, 6.07) is 0. The molecule has 0 spiro atoms. The van der Waals surface area contributed by atoms with Crippen LogP contribution in [0.5, 0.6) is 0 Å². The van der Waals surface area contributed by atoms with E-state index in [1.165, 1.54) is 0 Å². The summed E-state index contributed by atoms with van der Waals surface area (Å²) >= 11 is 0. The molecule has 0 aromatic carbocycles. The summed E-state index contributed by atoms with van der Waals surface area (Å²) in [7, 11) is -3.43. The summed E-state index contributed by atoms with van der Waals surface area (Å²) in [6.45, 7) is 3.89. The van der Waals surface area contributed by atoms with Gasteiger partial charge in [-0.15, -0.1) is 0 Å². The maximum absolute atomic E-state index is 12.0. The SMILES string of the molecule is CCC1CC1C(=O)NS(=O)(=O)C1(CC)CC1. The van der Waals surface area contributed by atoms with Crippen molar-refractivity contribution >= 4 is 15.9 Å². The average Bonchev–Trinajstić information content (AvgIpc) is 3.11. The fraction of sp³-hybridized carbons (Fsp3) is 0.909. The molecule has 0 radical (unpaired) electrons. The van der Waals surface area contributed by atoms with Crippen LogP contribution in [0.1, 0.15) is 46.0 Å². The quantitative estimate of drug-likeness (QED) is 0.796. The van der Waals surface area contributed by atoms with Gasteiger partial charge in [-0.1, -0.05) is 20.3 Å². The summed E-state index contributed by atoms with van der Waals surface area (Å²) in [4.78, 5) is 11.7. The summed E-state index contributed by atoms with van der Waals surface area (Å²) in [5.74, 6) is 0.0472. The molecule has 2 aliphatic carbocycles. The fourth-order valence-electron chi connectivity index (χ4n) is 2.29. The maximum atomic E-state index is 12.0. The van der Waals surface area contributed by atoms with Gasteiger partial charge in [-0.25, -0.2) is 8.42 Å². The normalized spacial score (nSPS) is 30.9. The van der Waals surface area contributed by atoms with Crippen LogP contribution in [0.3, 0.4) is 0 Å². The third-order valence-corrected chi connectivity index (χ3v) is 6.35. The van der Waals surface area contributed by atoms with Crippen LogP contribution in [0.25, 0.3) is 0 Å². The van der Waals surface area contributed by atoms with Gasteiger partial charge in [-0.3, -0.25) is 9.52 Å². The predicted molar refractivity (Wildman–Crippen MR) is 61.2 cm³/mol. The molecule has 2 rings (SSSR count). The highest BCUT2D eigenvalue weighted by Crippen LogP contribution is 2.47. The zero-order chi connectivity index (χ0) is 12.0. The molecule has 0 aromatic heterocycles. The van der Waals surface area contributed by atoms with Crippen LogP contribution in [0, 0.1) is 11.8 Å². The van der Waals surface area contributed by atoms with Crippen molar-refractivity contribution in [2.75, 3.05) is 0 Å². The third kappa shape index (κ3) is 1.85. The van der Waals surface area contributed by atoms with Crippen LogP contribution in [-0.2, 0) is 14.8 Å². The Labute approximate surface area is 96.8 Å². The van der Waals surface area contributed by atoms with Gasteiger partial charge in [0.15, 0.2) is 0 Å². The van der Waals surface area contributed by atoms with E-state index in [-0.39, 0.29) is 11.8 Å². The molecule has 1 amide bonds. The van der Waals surface area contributed by atoms with E-state index in [1.807, 2.05) is 13.8 Å². The molecule has 0 aliphatic heterocycles. The standard InChI is InChI=1S/C11H19NO3S/c1-3-8-7-9(8)10(13)12-16(14,15)11(4-2)5-6-11/h8-9H,3-7H2,1-2H3,(H,12,13). The van der Waals surface area contributed by atoms with Crippen molar-refractivity contribution in [3.63, 3.8) is 0 Å². The van der Waals surface area contributed by atoms with Crippen molar-refractivity contribution in [1.29, 1.82) is 0 Å². The van der Waals surface area contributed by atoms with Gasteiger partial charge < -0.3 is 0 Å². The molecule has 0 aromatic rings. The van der Waals surface area contributed by atoms with Crippen molar-refractivity contribution in [3.8, 4) is 0 Å². The van der Waals surface area contributed by atoms with E-state index in [0.717, 1.165) is 12.8 Å². The molecule has 0 bridgehead atoms. The van der Waals surface area contributed by atoms with E-state index < -0.39 is 14.8 Å². The highest BCUT2D eigenvalue weighted by molar-refractivity contribution is 7.91. The van der Waals surface area contributed by atoms with E-state index in [2.05, 4.69) is 4.72 Å². The molecule has 4 nitrogen and oxygen atoms in total. The minimum absolute atomic E-state index is 0.0626. The monoisotopic (exact) mass is 245 g/mol. The smallest absolute Gasteiger partial charge is 0.240 e. The molecular weight excluding hydrogens is 226 g/mol. The van der Waals surface area contributed by atoms with Crippen molar-refractivity contribution in [1.82, 2.24) is 4.72 Å². The number of sulfonamides is 1. The van der Waals surface area contributed by atoms with Gasteiger partial charge in [0.05, 0.1) is 4.75 Å². The minimum Gasteiger partial charge on any atom is -0.274 e. The molecule has 1 N–H and O–H groups in total. The summed E-state index contributed by atoms with van der Waals surface area (Å²) in [5, 5.41) is 0. The van der Waals surface area contributed by atoms with E-state index >= 15 is 0 Å². The lowest BCUT2D eigenvalue weighted by molar-refractivity contribution is -0.120. The molecule has 2 fully saturated rings. The molecule has 5 heteroatoms. The van der Waals surface area contributed by atoms with Crippen LogP contribution < -0.4 is 4.72 Å². The van der Waals surface area contributed by atoms with Gasteiger partial charge in [0.2, 0.25) is 15.9 Å². The Morgan fingerprint density at radius 2 is 2.00 bits per heavy atom. The van der Waals surface area contributed by atoms with Crippen LogP contribution in [0.15, 0.2) is 0 Å². The number of rotatable bonds is 5. The van der Waals surface area contributed by atoms with Gasteiger partial charge in [0.1, 0.15) is 0 Å². The lowest BCUT2D eigenvalue weighted by atomic mass is 10.2. The Morgan fingerprint density at radius 3 is 2.38 bits per heavy atom. The topological polar surface area (TPSA) is 63.2 Å². The molecule has 2 aliphatic rings. The second-order valence-corrected chi connectivity index (χ2v) is 7.09. The van der Waals surface area contributed by atoms with Crippen molar-refractivity contribution in [3.05, 3.63) is 0 Å². The second-order valence-electron chi connectivity index (χ2n) is 5.02. The summed E-state index contributed by atoms with van der Waals surface area (Å²) in [5.41, 5.74) is 0. The first-order chi connectivity index (χ1) is 7.46. The Hall–Kier alpha value is -0.580. The lowest BCUT2D eigenvalue weighted by Gasteiger charge is -2.14.